The average Bonchev–Trinajstić information content (AvgIpc) is 3.04. The Hall–Kier alpha value is -1.88. The van der Waals surface area contributed by atoms with E-state index in [4.69, 9.17) is 4.74 Å². The van der Waals surface area contributed by atoms with Crippen LogP contribution in [0.25, 0.3) is 0 Å². The second-order valence-electron chi connectivity index (χ2n) is 5.58. The Balaban J connectivity index is 1.51. The number of carbonyl (C=O) groups excluding carboxylic acids is 2. The molecule has 0 atom stereocenters. The summed E-state index contributed by atoms with van der Waals surface area (Å²) in [6.45, 7) is 0.969. The summed E-state index contributed by atoms with van der Waals surface area (Å²) < 4.78 is 5.52. The Bertz CT molecular complexity index is 470. The number of hydrogen-bond donors (Lipinski definition) is 2. The lowest BCUT2D eigenvalue weighted by Gasteiger charge is -2.11. The number of nitrogens with one attached hydrogen (secondary N) is 2. The van der Waals surface area contributed by atoms with E-state index in [1.165, 1.54) is 12.8 Å². The molecule has 22 heavy (non-hydrogen) atoms. The highest BCUT2D eigenvalue weighted by atomic mass is 16.5. The maximum atomic E-state index is 11.7. The lowest BCUT2D eigenvalue weighted by atomic mass is 10.1. The van der Waals surface area contributed by atoms with Gasteiger partial charge in [0.25, 0.3) is 0 Å². The maximum absolute atomic E-state index is 11.7. The number of amides is 2. The van der Waals surface area contributed by atoms with Crippen LogP contribution in [0.1, 0.15) is 31.2 Å². The van der Waals surface area contributed by atoms with Gasteiger partial charge in [0.1, 0.15) is 6.61 Å². The molecule has 1 fully saturated rings. The Morgan fingerprint density at radius 2 is 1.64 bits per heavy atom. The van der Waals surface area contributed by atoms with Gasteiger partial charge in [-0.1, -0.05) is 43.2 Å². The molecule has 0 aliphatic heterocycles. The van der Waals surface area contributed by atoms with E-state index in [0.29, 0.717) is 19.5 Å². The maximum Gasteiger partial charge on any atom is 0.246 e. The minimum atomic E-state index is -0.121. The van der Waals surface area contributed by atoms with E-state index in [0.717, 1.165) is 18.4 Å². The molecule has 0 spiro atoms. The fourth-order valence-electron chi connectivity index (χ4n) is 2.55. The van der Waals surface area contributed by atoms with E-state index in [9.17, 15) is 9.59 Å². The van der Waals surface area contributed by atoms with Crippen molar-refractivity contribution in [2.75, 3.05) is 19.7 Å². The normalized spacial score (nSPS) is 14.7. The first-order valence-electron chi connectivity index (χ1n) is 7.93. The zero-order valence-electron chi connectivity index (χ0n) is 12.8. The van der Waals surface area contributed by atoms with Gasteiger partial charge in [-0.05, 0) is 18.4 Å². The Morgan fingerprint density at radius 3 is 2.32 bits per heavy atom. The van der Waals surface area contributed by atoms with Crippen molar-refractivity contribution in [3.63, 3.8) is 0 Å². The van der Waals surface area contributed by atoms with Crippen LogP contribution in [0.3, 0.4) is 0 Å². The smallest absolute Gasteiger partial charge is 0.246 e. The first kappa shape index (κ1) is 16.5. The van der Waals surface area contributed by atoms with Crippen LogP contribution in [0, 0.1) is 0 Å². The minimum Gasteiger partial charge on any atom is -0.368 e. The van der Waals surface area contributed by atoms with Gasteiger partial charge in [0.2, 0.25) is 11.8 Å². The quantitative estimate of drug-likeness (QED) is 0.714. The Kier molecular flexibility index (Phi) is 6.90. The SMILES string of the molecule is O=C(COC1CCCC1)NCCNC(=O)Cc1ccccc1. The van der Waals surface area contributed by atoms with Gasteiger partial charge in [0, 0.05) is 13.1 Å². The summed E-state index contributed by atoms with van der Waals surface area (Å²) in [6, 6.07) is 9.58. The molecule has 0 unspecified atom stereocenters. The van der Waals surface area contributed by atoms with Gasteiger partial charge in [0.05, 0.1) is 12.5 Å². The summed E-state index contributed by atoms with van der Waals surface area (Å²) in [5, 5.41) is 5.54. The van der Waals surface area contributed by atoms with Crippen LogP contribution in [-0.4, -0.2) is 37.6 Å². The second-order valence-corrected chi connectivity index (χ2v) is 5.58. The summed E-state index contributed by atoms with van der Waals surface area (Å²) in [7, 11) is 0. The van der Waals surface area contributed by atoms with Gasteiger partial charge < -0.3 is 15.4 Å². The molecule has 2 amide bonds. The van der Waals surface area contributed by atoms with Crippen LogP contribution in [0.15, 0.2) is 30.3 Å². The molecule has 5 heteroatoms. The predicted molar refractivity (Wildman–Crippen MR) is 84.4 cm³/mol. The zero-order chi connectivity index (χ0) is 15.6. The molecule has 0 aromatic heterocycles. The van der Waals surface area contributed by atoms with Gasteiger partial charge in [-0.2, -0.15) is 0 Å². The number of ether oxygens (including phenoxy) is 1. The molecular formula is C17H24N2O3. The lowest BCUT2D eigenvalue weighted by Crippen LogP contribution is -2.37. The molecule has 1 aromatic carbocycles. The summed E-state index contributed by atoms with van der Waals surface area (Å²) in [4.78, 5) is 23.3. The highest BCUT2D eigenvalue weighted by Crippen LogP contribution is 2.20. The van der Waals surface area contributed by atoms with Crippen LogP contribution < -0.4 is 10.6 Å². The molecular weight excluding hydrogens is 280 g/mol. The lowest BCUT2D eigenvalue weighted by molar-refractivity contribution is -0.127. The Morgan fingerprint density at radius 1 is 1.00 bits per heavy atom. The molecule has 120 valence electrons. The molecule has 1 saturated carbocycles. The molecule has 1 aliphatic carbocycles. The van der Waals surface area contributed by atoms with Gasteiger partial charge in [-0.15, -0.1) is 0 Å². The van der Waals surface area contributed by atoms with Gasteiger partial charge >= 0.3 is 0 Å². The third kappa shape index (κ3) is 6.26. The molecule has 2 N–H and O–H groups in total. The molecule has 0 radical (unpaired) electrons. The van der Waals surface area contributed by atoms with Gasteiger partial charge in [-0.25, -0.2) is 0 Å². The van der Waals surface area contributed by atoms with E-state index < -0.39 is 0 Å². The van der Waals surface area contributed by atoms with Crippen molar-refractivity contribution < 1.29 is 14.3 Å². The molecule has 1 aliphatic rings. The van der Waals surface area contributed by atoms with Crippen molar-refractivity contribution in [1.29, 1.82) is 0 Å². The summed E-state index contributed by atoms with van der Waals surface area (Å²) in [5.41, 5.74) is 0.981. The summed E-state index contributed by atoms with van der Waals surface area (Å²) in [5.74, 6) is -0.160. The average molecular weight is 304 g/mol. The van der Waals surface area contributed by atoms with Crippen LogP contribution in [-0.2, 0) is 20.7 Å². The van der Waals surface area contributed by atoms with Crippen molar-refractivity contribution >= 4 is 11.8 Å². The van der Waals surface area contributed by atoms with Crippen LogP contribution in [0.2, 0.25) is 0 Å². The molecule has 5 nitrogen and oxygen atoms in total. The summed E-state index contributed by atoms with van der Waals surface area (Å²) >= 11 is 0. The summed E-state index contributed by atoms with van der Waals surface area (Å²) in [6.07, 6.45) is 5.11. The highest BCUT2D eigenvalue weighted by molar-refractivity contribution is 5.79. The van der Waals surface area contributed by atoms with E-state index in [2.05, 4.69) is 10.6 Å². The number of carbonyl (C=O) groups is 2. The topological polar surface area (TPSA) is 67.4 Å². The monoisotopic (exact) mass is 304 g/mol. The second kappa shape index (κ2) is 9.20. The van der Waals surface area contributed by atoms with Crippen molar-refractivity contribution in [2.45, 2.75) is 38.2 Å². The predicted octanol–water partition coefficient (Wildman–Crippen LogP) is 1.42. The standard InChI is InChI=1S/C17H24N2O3/c20-16(12-14-6-2-1-3-7-14)18-10-11-19-17(21)13-22-15-8-4-5-9-15/h1-3,6-7,15H,4-5,8-13H2,(H,18,20)(H,19,21). The molecule has 0 bridgehead atoms. The fourth-order valence-corrected chi connectivity index (χ4v) is 2.55. The minimum absolute atomic E-state index is 0.0392. The number of benzene rings is 1. The Labute approximate surface area is 131 Å². The van der Waals surface area contributed by atoms with Crippen LogP contribution >= 0.6 is 0 Å². The van der Waals surface area contributed by atoms with Crippen LogP contribution in [0.5, 0.6) is 0 Å². The zero-order valence-corrected chi connectivity index (χ0v) is 12.8. The largest absolute Gasteiger partial charge is 0.368 e. The van der Waals surface area contributed by atoms with E-state index in [-0.39, 0.29) is 24.5 Å². The number of hydrogen-bond acceptors (Lipinski definition) is 3. The number of rotatable bonds is 8. The molecule has 2 rings (SSSR count). The van der Waals surface area contributed by atoms with Crippen molar-refractivity contribution in [2.24, 2.45) is 0 Å². The third-order valence-electron chi connectivity index (χ3n) is 3.73. The fraction of sp³-hybridized carbons (Fsp3) is 0.529. The van der Waals surface area contributed by atoms with E-state index in [1.807, 2.05) is 30.3 Å². The van der Waals surface area contributed by atoms with Crippen molar-refractivity contribution in [3.05, 3.63) is 35.9 Å². The van der Waals surface area contributed by atoms with Gasteiger partial charge in [-0.3, -0.25) is 9.59 Å². The van der Waals surface area contributed by atoms with Crippen molar-refractivity contribution in [1.82, 2.24) is 10.6 Å². The molecule has 0 heterocycles. The van der Waals surface area contributed by atoms with Crippen LogP contribution in [0.4, 0.5) is 0 Å². The molecule has 0 saturated heterocycles. The first-order chi connectivity index (χ1) is 10.7. The van der Waals surface area contributed by atoms with E-state index >= 15 is 0 Å². The van der Waals surface area contributed by atoms with E-state index in [1.54, 1.807) is 0 Å². The molecule has 1 aromatic rings. The third-order valence-corrected chi connectivity index (χ3v) is 3.73. The van der Waals surface area contributed by atoms with Gasteiger partial charge in [0.15, 0.2) is 0 Å². The van der Waals surface area contributed by atoms with Crippen molar-refractivity contribution in [3.8, 4) is 0 Å². The first-order valence-corrected chi connectivity index (χ1v) is 7.93. The highest BCUT2D eigenvalue weighted by Gasteiger charge is 2.16.